The Balaban J connectivity index is 1.94. The molecule has 0 heterocycles. The van der Waals surface area contributed by atoms with Crippen LogP contribution in [-0.2, 0) is 11.3 Å². The summed E-state index contributed by atoms with van der Waals surface area (Å²) in [5.74, 6) is -0.317. The Labute approximate surface area is 104 Å². The van der Waals surface area contributed by atoms with Gasteiger partial charge < -0.3 is 10.5 Å². The van der Waals surface area contributed by atoms with E-state index in [1.165, 1.54) is 12.1 Å². The van der Waals surface area contributed by atoms with Crippen LogP contribution in [0.25, 0.3) is 0 Å². The van der Waals surface area contributed by atoms with Crippen molar-refractivity contribution in [2.75, 3.05) is 6.54 Å². The summed E-state index contributed by atoms with van der Waals surface area (Å²) < 4.78 is 19.2. The van der Waals surface area contributed by atoms with E-state index < -0.39 is 16.4 Å². The van der Waals surface area contributed by atoms with Gasteiger partial charge in [0.25, 0.3) is 0 Å². The molecule has 1 aromatic rings. The highest BCUT2D eigenvalue weighted by Crippen LogP contribution is 2.30. The second-order valence-electron chi connectivity index (χ2n) is 4.51. The number of halogens is 1. The van der Waals surface area contributed by atoms with Gasteiger partial charge in [-0.25, -0.2) is 0 Å². The highest BCUT2D eigenvalue weighted by atomic mass is 19.1. The van der Waals surface area contributed by atoms with Crippen molar-refractivity contribution in [3.63, 3.8) is 0 Å². The lowest BCUT2D eigenvalue weighted by Crippen LogP contribution is -2.35. The number of hydrogen-bond acceptors (Lipinski definition) is 4. The molecule has 1 aliphatic carbocycles. The van der Waals surface area contributed by atoms with Crippen molar-refractivity contribution in [3.05, 3.63) is 39.7 Å². The minimum absolute atomic E-state index is 0.0650. The van der Waals surface area contributed by atoms with Crippen molar-refractivity contribution >= 4 is 5.69 Å². The topological polar surface area (TPSA) is 78.4 Å². The Morgan fingerprint density at radius 1 is 1.50 bits per heavy atom. The number of rotatable bonds is 5. The summed E-state index contributed by atoms with van der Waals surface area (Å²) in [7, 11) is 0. The molecule has 0 aliphatic heterocycles. The summed E-state index contributed by atoms with van der Waals surface area (Å²) in [6.07, 6.45) is 1.86. The zero-order valence-corrected chi connectivity index (χ0v) is 9.84. The highest BCUT2D eigenvalue weighted by molar-refractivity contribution is 5.36. The van der Waals surface area contributed by atoms with E-state index in [-0.39, 0.29) is 18.3 Å². The van der Waals surface area contributed by atoms with E-state index in [1.54, 1.807) is 0 Å². The molecular formula is C12H15FN2O3. The van der Waals surface area contributed by atoms with Gasteiger partial charge in [0.05, 0.1) is 17.6 Å². The molecule has 0 amide bonds. The Bertz CT molecular complexity index is 447. The number of nitrogens with zero attached hydrogens (tertiary/aromatic N) is 1. The van der Waals surface area contributed by atoms with E-state index in [9.17, 15) is 14.5 Å². The fourth-order valence-electron chi connectivity index (χ4n) is 2.03. The minimum Gasteiger partial charge on any atom is -0.373 e. The SMILES string of the molecule is NCC1CC(OCc2cccc([N+](=O)[O-])c2F)C1. The van der Waals surface area contributed by atoms with Crippen LogP contribution in [0.1, 0.15) is 18.4 Å². The second kappa shape index (κ2) is 5.41. The normalized spacial score (nSPS) is 22.6. The molecule has 0 radical (unpaired) electrons. The quantitative estimate of drug-likeness (QED) is 0.643. The van der Waals surface area contributed by atoms with Gasteiger partial charge in [-0.2, -0.15) is 4.39 Å². The summed E-state index contributed by atoms with van der Waals surface area (Å²) >= 11 is 0. The Morgan fingerprint density at radius 3 is 2.83 bits per heavy atom. The fraction of sp³-hybridized carbons (Fsp3) is 0.500. The first kappa shape index (κ1) is 12.9. The molecule has 98 valence electrons. The number of hydrogen-bond donors (Lipinski definition) is 1. The molecule has 5 nitrogen and oxygen atoms in total. The van der Waals surface area contributed by atoms with Crippen LogP contribution in [0.15, 0.2) is 18.2 Å². The van der Waals surface area contributed by atoms with Gasteiger partial charge in [-0.15, -0.1) is 0 Å². The largest absolute Gasteiger partial charge is 0.373 e. The first-order valence-electron chi connectivity index (χ1n) is 5.85. The summed E-state index contributed by atoms with van der Waals surface area (Å²) in [5.41, 5.74) is 5.20. The molecule has 0 bridgehead atoms. The summed E-state index contributed by atoms with van der Waals surface area (Å²) in [5, 5.41) is 10.6. The molecule has 0 aromatic heterocycles. The molecule has 0 unspecified atom stereocenters. The monoisotopic (exact) mass is 254 g/mol. The lowest BCUT2D eigenvalue weighted by Gasteiger charge is -2.34. The maximum absolute atomic E-state index is 13.7. The van der Waals surface area contributed by atoms with Crippen LogP contribution in [0.4, 0.5) is 10.1 Å². The van der Waals surface area contributed by atoms with Crippen molar-refractivity contribution in [3.8, 4) is 0 Å². The van der Waals surface area contributed by atoms with Gasteiger partial charge in [-0.3, -0.25) is 10.1 Å². The van der Waals surface area contributed by atoms with Crippen LogP contribution >= 0.6 is 0 Å². The predicted octanol–water partition coefficient (Wildman–Crippen LogP) is 1.99. The van der Waals surface area contributed by atoms with Crippen molar-refractivity contribution in [2.24, 2.45) is 11.7 Å². The van der Waals surface area contributed by atoms with Gasteiger partial charge in [0.2, 0.25) is 5.82 Å². The third kappa shape index (κ3) is 2.65. The van der Waals surface area contributed by atoms with E-state index in [4.69, 9.17) is 10.5 Å². The van der Waals surface area contributed by atoms with Crippen molar-refractivity contribution in [2.45, 2.75) is 25.6 Å². The maximum Gasteiger partial charge on any atom is 0.305 e. The Hall–Kier alpha value is -1.53. The Morgan fingerprint density at radius 2 is 2.22 bits per heavy atom. The molecular weight excluding hydrogens is 239 g/mol. The third-order valence-electron chi connectivity index (χ3n) is 3.26. The standard InChI is InChI=1S/C12H15FN2O3/c13-12-9(2-1-3-11(12)15(16)17)7-18-10-4-8(5-10)6-14/h1-3,8,10H,4-7,14H2. The fourth-order valence-corrected chi connectivity index (χ4v) is 2.03. The first-order valence-corrected chi connectivity index (χ1v) is 5.85. The average Bonchev–Trinajstić information content (AvgIpc) is 2.29. The predicted molar refractivity (Wildman–Crippen MR) is 63.4 cm³/mol. The zero-order valence-electron chi connectivity index (χ0n) is 9.84. The maximum atomic E-state index is 13.7. The van der Waals surface area contributed by atoms with E-state index in [0.29, 0.717) is 12.5 Å². The van der Waals surface area contributed by atoms with Crippen LogP contribution in [0.5, 0.6) is 0 Å². The summed E-state index contributed by atoms with van der Waals surface area (Å²) in [6, 6.07) is 4.11. The molecule has 0 spiro atoms. The van der Waals surface area contributed by atoms with E-state index in [0.717, 1.165) is 18.9 Å². The van der Waals surface area contributed by atoms with Crippen LogP contribution < -0.4 is 5.73 Å². The highest BCUT2D eigenvalue weighted by Gasteiger charge is 2.29. The number of nitrogens with two attached hydrogens (primary N) is 1. The summed E-state index contributed by atoms with van der Waals surface area (Å²) in [4.78, 5) is 9.84. The molecule has 2 N–H and O–H groups in total. The molecule has 1 aromatic carbocycles. The molecule has 1 saturated carbocycles. The second-order valence-corrected chi connectivity index (χ2v) is 4.51. The summed E-state index contributed by atoms with van der Waals surface area (Å²) in [6.45, 7) is 0.709. The molecule has 0 saturated heterocycles. The molecule has 1 aliphatic rings. The van der Waals surface area contributed by atoms with Crippen LogP contribution in [0.2, 0.25) is 0 Å². The van der Waals surface area contributed by atoms with Gasteiger partial charge in [0.15, 0.2) is 0 Å². The van der Waals surface area contributed by atoms with Crippen molar-refractivity contribution < 1.29 is 14.1 Å². The first-order chi connectivity index (χ1) is 8.61. The van der Waals surface area contributed by atoms with Crippen molar-refractivity contribution in [1.29, 1.82) is 0 Å². The van der Waals surface area contributed by atoms with Gasteiger partial charge in [0, 0.05) is 11.6 Å². The van der Waals surface area contributed by atoms with Gasteiger partial charge in [-0.05, 0) is 25.3 Å². The third-order valence-corrected chi connectivity index (χ3v) is 3.26. The smallest absolute Gasteiger partial charge is 0.305 e. The molecule has 18 heavy (non-hydrogen) atoms. The molecule has 0 atom stereocenters. The molecule has 1 fully saturated rings. The van der Waals surface area contributed by atoms with E-state index >= 15 is 0 Å². The van der Waals surface area contributed by atoms with Crippen molar-refractivity contribution in [1.82, 2.24) is 0 Å². The average molecular weight is 254 g/mol. The van der Waals surface area contributed by atoms with Gasteiger partial charge in [-0.1, -0.05) is 12.1 Å². The lowest BCUT2D eigenvalue weighted by atomic mass is 9.82. The van der Waals surface area contributed by atoms with Gasteiger partial charge in [0.1, 0.15) is 0 Å². The van der Waals surface area contributed by atoms with E-state index in [1.807, 2.05) is 0 Å². The molecule has 6 heteroatoms. The minimum atomic E-state index is -0.808. The zero-order chi connectivity index (χ0) is 13.1. The number of nitro groups is 1. The van der Waals surface area contributed by atoms with Crippen LogP contribution in [0.3, 0.4) is 0 Å². The van der Waals surface area contributed by atoms with E-state index in [2.05, 4.69) is 0 Å². The van der Waals surface area contributed by atoms with Crippen LogP contribution in [0, 0.1) is 21.8 Å². The van der Waals surface area contributed by atoms with Crippen LogP contribution in [-0.4, -0.2) is 17.6 Å². The number of ether oxygens (including phenoxy) is 1. The molecule has 2 rings (SSSR count). The Kier molecular flexibility index (Phi) is 3.88. The number of nitro benzene ring substituents is 1. The van der Waals surface area contributed by atoms with Gasteiger partial charge >= 0.3 is 5.69 Å². The number of benzene rings is 1. The lowest BCUT2D eigenvalue weighted by molar-refractivity contribution is -0.387.